The Morgan fingerprint density at radius 3 is 2.57 bits per heavy atom. The van der Waals surface area contributed by atoms with Crippen molar-refractivity contribution in [3.63, 3.8) is 0 Å². The van der Waals surface area contributed by atoms with Gasteiger partial charge in [-0.1, -0.05) is 0 Å². The Bertz CT molecular complexity index is 779. The van der Waals surface area contributed by atoms with Crippen molar-refractivity contribution in [2.24, 2.45) is 0 Å². The fraction of sp³-hybridized carbons (Fsp3) is 0.562. The molecule has 8 nitrogen and oxygen atoms in total. The van der Waals surface area contributed by atoms with E-state index in [1.165, 1.54) is 0 Å². The molecule has 0 aliphatic carbocycles. The summed E-state index contributed by atoms with van der Waals surface area (Å²) in [5.74, 6) is -1.90. The van der Waals surface area contributed by atoms with Crippen LogP contribution in [-0.4, -0.2) is 71.4 Å². The van der Waals surface area contributed by atoms with Gasteiger partial charge in [0.2, 0.25) is 10.0 Å². The monoisotopic (exact) mass is 426 g/mol. The Morgan fingerprint density at radius 2 is 1.96 bits per heavy atom. The molecule has 0 saturated carbocycles. The summed E-state index contributed by atoms with van der Waals surface area (Å²) in [6.07, 6.45) is -4.75. The summed E-state index contributed by atoms with van der Waals surface area (Å²) in [5, 5.41) is 0. The van der Waals surface area contributed by atoms with Gasteiger partial charge in [-0.3, -0.25) is 9.62 Å². The average molecular weight is 426 g/mol. The van der Waals surface area contributed by atoms with Crippen molar-refractivity contribution in [2.75, 3.05) is 50.4 Å². The fourth-order valence-electron chi connectivity index (χ4n) is 2.59. The number of morpholine rings is 1. The van der Waals surface area contributed by atoms with E-state index in [1.807, 2.05) is 4.90 Å². The highest BCUT2D eigenvalue weighted by molar-refractivity contribution is 7.92. The average Bonchev–Trinajstić information content (AvgIpc) is 2.62. The largest absolute Gasteiger partial charge is 0.573 e. The zero-order valence-corrected chi connectivity index (χ0v) is 15.9. The molecule has 28 heavy (non-hydrogen) atoms. The number of esters is 1. The number of hydrogen-bond donors (Lipinski definition) is 1. The van der Waals surface area contributed by atoms with Crippen molar-refractivity contribution in [3.05, 3.63) is 23.8 Å². The van der Waals surface area contributed by atoms with Crippen molar-refractivity contribution in [1.82, 2.24) is 4.90 Å². The van der Waals surface area contributed by atoms with E-state index in [-0.39, 0.29) is 17.7 Å². The lowest BCUT2D eigenvalue weighted by Gasteiger charge is -2.26. The van der Waals surface area contributed by atoms with E-state index in [4.69, 9.17) is 4.74 Å². The SMILES string of the molecule is COC(=O)c1ccc(OC(F)(F)F)c(NS(=O)(=O)CCCN2CCOCC2)c1. The zero-order chi connectivity index (χ0) is 20.8. The van der Waals surface area contributed by atoms with E-state index in [2.05, 4.69) is 14.2 Å². The second kappa shape index (κ2) is 9.43. The van der Waals surface area contributed by atoms with Crippen LogP contribution >= 0.6 is 0 Å². The van der Waals surface area contributed by atoms with E-state index in [1.54, 1.807) is 0 Å². The van der Waals surface area contributed by atoms with Crippen LogP contribution in [0.15, 0.2) is 18.2 Å². The molecule has 12 heteroatoms. The first-order valence-electron chi connectivity index (χ1n) is 8.38. The van der Waals surface area contributed by atoms with E-state index in [0.29, 0.717) is 32.8 Å². The molecule has 1 heterocycles. The molecule has 2 rings (SSSR count). The maximum atomic E-state index is 12.6. The Morgan fingerprint density at radius 1 is 1.29 bits per heavy atom. The Labute approximate surface area is 160 Å². The number of sulfonamides is 1. The predicted molar refractivity (Wildman–Crippen MR) is 93.8 cm³/mol. The lowest BCUT2D eigenvalue weighted by atomic mass is 10.2. The van der Waals surface area contributed by atoms with Crippen molar-refractivity contribution in [2.45, 2.75) is 12.8 Å². The number of alkyl halides is 3. The van der Waals surface area contributed by atoms with Gasteiger partial charge in [0.15, 0.2) is 5.75 Å². The molecule has 0 bridgehead atoms. The highest BCUT2D eigenvalue weighted by atomic mass is 32.2. The molecule has 1 aromatic rings. The molecule has 0 amide bonds. The highest BCUT2D eigenvalue weighted by Crippen LogP contribution is 2.32. The molecule has 1 aliphatic rings. The van der Waals surface area contributed by atoms with E-state index in [9.17, 15) is 26.4 Å². The number of anilines is 1. The van der Waals surface area contributed by atoms with Crippen LogP contribution in [0.25, 0.3) is 0 Å². The summed E-state index contributed by atoms with van der Waals surface area (Å²) < 4.78 is 78.0. The van der Waals surface area contributed by atoms with Gasteiger partial charge < -0.3 is 14.2 Å². The molecule has 1 N–H and O–H groups in total. The first-order valence-corrected chi connectivity index (χ1v) is 10.0. The molecule has 1 saturated heterocycles. The third-order valence-electron chi connectivity index (χ3n) is 3.88. The molecule has 0 aromatic heterocycles. The number of halogens is 3. The molecule has 158 valence electrons. The fourth-order valence-corrected chi connectivity index (χ4v) is 3.70. The molecule has 0 unspecified atom stereocenters. The molecular formula is C16H21F3N2O6S. The number of rotatable bonds is 8. The van der Waals surface area contributed by atoms with E-state index in [0.717, 1.165) is 25.3 Å². The number of carbonyl (C=O) groups excluding carboxylic acids is 1. The van der Waals surface area contributed by atoms with Gasteiger partial charge in [-0.25, -0.2) is 13.2 Å². The maximum absolute atomic E-state index is 12.6. The highest BCUT2D eigenvalue weighted by Gasteiger charge is 2.33. The van der Waals surface area contributed by atoms with Crippen molar-refractivity contribution in [1.29, 1.82) is 0 Å². The van der Waals surface area contributed by atoms with Gasteiger partial charge in [0, 0.05) is 13.1 Å². The molecule has 1 aromatic carbocycles. The van der Waals surface area contributed by atoms with Gasteiger partial charge >= 0.3 is 12.3 Å². The summed E-state index contributed by atoms with van der Waals surface area (Å²) in [4.78, 5) is 13.6. The lowest BCUT2D eigenvalue weighted by Crippen LogP contribution is -2.37. The van der Waals surface area contributed by atoms with E-state index < -0.39 is 33.8 Å². The van der Waals surface area contributed by atoms with Gasteiger partial charge in [-0.05, 0) is 31.2 Å². The van der Waals surface area contributed by atoms with Gasteiger partial charge in [-0.2, -0.15) is 0 Å². The Balaban J connectivity index is 2.10. The molecule has 1 aliphatic heterocycles. The number of methoxy groups -OCH3 is 1. The van der Waals surface area contributed by atoms with Crippen LogP contribution in [0.4, 0.5) is 18.9 Å². The summed E-state index contributed by atoms with van der Waals surface area (Å²) in [6, 6.07) is 2.83. The number of carbonyl (C=O) groups is 1. The van der Waals surface area contributed by atoms with Gasteiger partial charge in [0.1, 0.15) is 0 Å². The Hall–Kier alpha value is -2.05. The van der Waals surface area contributed by atoms with Gasteiger partial charge in [-0.15, -0.1) is 13.2 Å². The van der Waals surface area contributed by atoms with Crippen LogP contribution in [0.2, 0.25) is 0 Å². The van der Waals surface area contributed by atoms with Crippen LogP contribution in [-0.2, 0) is 19.5 Å². The van der Waals surface area contributed by atoms with Crippen LogP contribution in [0.1, 0.15) is 16.8 Å². The number of nitrogens with one attached hydrogen (secondary N) is 1. The molecule has 0 spiro atoms. The first-order chi connectivity index (χ1) is 13.1. The maximum Gasteiger partial charge on any atom is 0.573 e. The number of hydrogen-bond acceptors (Lipinski definition) is 7. The number of benzene rings is 1. The number of ether oxygens (including phenoxy) is 3. The summed E-state index contributed by atoms with van der Waals surface area (Å²) in [5.41, 5.74) is -0.616. The normalized spacial score (nSPS) is 15.9. The molecule has 0 atom stereocenters. The van der Waals surface area contributed by atoms with Crippen LogP contribution < -0.4 is 9.46 Å². The van der Waals surface area contributed by atoms with Crippen LogP contribution in [0, 0.1) is 0 Å². The minimum atomic E-state index is -5.02. The molecule has 1 fully saturated rings. The second-order valence-electron chi connectivity index (χ2n) is 5.98. The minimum Gasteiger partial charge on any atom is -0.465 e. The van der Waals surface area contributed by atoms with Gasteiger partial charge in [0.25, 0.3) is 0 Å². The summed E-state index contributed by atoms with van der Waals surface area (Å²) in [7, 11) is -2.87. The van der Waals surface area contributed by atoms with Crippen molar-refractivity contribution in [3.8, 4) is 5.75 Å². The number of nitrogens with zero attached hydrogens (tertiary/aromatic N) is 1. The first kappa shape index (κ1) is 22.2. The molecular weight excluding hydrogens is 405 g/mol. The zero-order valence-electron chi connectivity index (χ0n) is 15.1. The van der Waals surface area contributed by atoms with E-state index >= 15 is 0 Å². The summed E-state index contributed by atoms with van der Waals surface area (Å²) in [6.45, 7) is 3.04. The summed E-state index contributed by atoms with van der Waals surface area (Å²) >= 11 is 0. The van der Waals surface area contributed by atoms with Crippen molar-refractivity contribution < 1.29 is 40.6 Å². The quantitative estimate of drug-likeness (QED) is 0.634. The van der Waals surface area contributed by atoms with Crippen LogP contribution in [0.3, 0.4) is 0 Å². The third kappa shape index (κ3) is 7.17. The smallest absolute Gasteiger partial charge is 0.465 e. The topological polar surface area (TPSA) is 94.2 Å². The lowest BCUT2D eigenvalue weighted by molar-refractivity contribution is -0.274. The Kier molecular flexibility index (Phi) is 7.49. The second-order valence-corrected chi connectivity index (χ2v) is 7.82. The minimum absolute atomic E-state index is 0.122. The van der Waals surface area contributed by atoms with Gasteiger partial charge in [0.05, 0.1) is 37.3 Å². The predicted octanol–water partition coefficient (Wildman–Crippen LogP) is 1.84. The van der Waals surface area contributed by atoms with Crippen molar-refractivity contribution >= 4 is 21.7 Å². The molecule has 0 radical (unpaired) electrons. The third-order valence-corrected chi connectivity index (χ3v) is 5.24. The standard InChI is InChI=1S/C16H21F3N2O6S/c1-25-15(22)12-3-4-14(27-16(17,18)19)13(11-12)20-28(23,24)10-2-5-21-6-8-26-9-7-21/h3-4,11,20H,2,5-10H2,1H3. The van der Waals surface area contributed by atoms with Crippen LogP contribution in [0.5, 0.6) is 5.75 Å².